The highest BCUT2D eigenvalue weighted by Gasteiger charge is 2.11. The molecule has 0 heterocycles. The van der Waals surface area contributed by atoms with Gasteiger partial charge in [0.1, 0.15) is 0 Å². The first-order valence-corrected chi connectivity index (χ1v) is 7.72. The molecule has 0 fully saturated rings. The Hall–Kier alpha value is 0.0969. The molecule has 1 atom stereocenters. The first kappa shape index (κ1) is 14.1. The first-order valence-electron chi connectivity index (χ1n) is 5.85. The fourth-order valence-corrected chi connectivity index (χ4v) is 3.46. The van der Waals surface area contributed by atoms with Crippen LogP contribution in [0, 0.1) is 0 Å². The molecule has 0 spiro atoms. The zero-order chi connectivity index (χ0) is 10.8. The predicted octanol–water partition coefficient (Wildman–Crippen LogP) is 1.19. The molecule has 4 heteroatoms. The Kier molecular flexibility index (Phi) is 9.71. The topological polar surface area (TPSA) is 24.5 Å². The second kappa shape index (κ2) is 9.64. The lowest BCUT2D eigenvalue weighted by molar-refractivity contribution is 0.297. The molecule has 1 unspecified atom stereocenters. The molecular formula is C10H26N2OSi. The zero-order valence-corrected chi connectivity index (χ0v) is 11.3. The summed E-state index contributed by atoms with van der Waals surface area (Å²) in [7, 11) is -1.11. The van der Waals surface area contributed by atoms with Crippen molar-refractivity contribution >= 4 is 9.20 Å². The van der Waals surface area contributed by atoms with E-state index in [1.54, 1.807) is 0 Å². The number of nitrogens with one attached hydrogen (secondary N) is 1. The Morgan fingerprint density at radius 3 is 2.21 bits per heavy atom. The summed E-state index contributed by atoms with van der Waals surface area (Å²) in [5.74, 6) is 0. The smallest absolute Gasteiger partial charge is 0.253 e. The van der Waals surface area contributed by atoms with Crippen molar-refractivity contribution in [2.45, 2.75) is 33.7 Å². The van der Waals surface area contributed by atoms with E-state index in [-0.39, 0.29) is 0 Å². The fraction of sp³-hybridized carbons (Fsp3) is 1.00. The fourth-order valence-electron chi connectivity index (χ4n) is 1.51. The van der Waals surface area contributed by atoms with Gasteiger partial charge in [-0.3, -0.25) is 0 Å². The van der Waals surface area contributed by atoms with Gasteiger partial charge in [0.25, 0.3) is 9.20 Å². The number of hydrogen-bond acceptors (Lipinski definition) is 3. The second-order valence-electron chi connectivity index (χ2n) is 3.32. The van der Waals surface area contributed by atoms with Gasteiger partial charge < -0.3 is 14.3 Å². The zero-order valence-electron chi connectivity index (χ0n) is 10.2. The van der Waals surface area contributed by atoms with E-state index >= 15 is 0 Å². The highest BCUT2D eigenvalue weighted by Crippen LogP contribution is 1.96. The quantitative estimate of drug-likeness (QED) is 0.589. The van der Waals surface area contributed by atoms with Gasteiger partial charge in [-0.15, -0.1) is 0 Å². The highest BCUT2D eigenvalue weighted by molar-refractivity contribution is 6.48. The predicted molar refractivity (Wildman–Crippen MR) is 65.0 cm³/mol. The Labute approximate surface area is 90.6 Å². The first-order chi connectivity index (χ1) is 6.78. The van der Waals surface area contributed by atoms with Crippen LogP contribution >= 0.6 is 0 Å². The van der Waals surface area contributed by atoms with Crippen LogP contribution in [0.1, 0.15) is 27.7 Å². The van der Waals surface area contributed by atoms with Gasteiger partial charge in [0, 0.05) is 6.61 Å². The third-order valence-electron chi connectivity index (χ3n) is 2.40. The Bertz CT molecular complexity index is 115. The normalized spacial score (nSPS) is 13.5. The molecular weight excluding hydrogens is 192 g/mol. The molecule has 14 heavy (non-hydrogen) atoms. The van der Waals surface area contributed by atoms with Crippen molar-refractivity contribution in [1.82, 2.24) is 9.88 Å². The summed E-state index contributed by atoms with van der Waals surface area (Å²) in [6.07, 6.45) is 0. The van der Waals surface area contributed by atoms with Crippen molar-refractivity contribution in [3.05, 3.63) is 0 Å². The van der Waals surface area contributed by atoms with Crippen LogP contribution in [0.5, 0.6) is 0 Å². The van der Waals surface area contributed by atoms with Crippen LogP contribution in [0.4, 0.5) is 0 Å². The van der Waals surface area contributed by atoms with Gasteiger partial charge in [0.2, 0.25) is 0 Å². The van der Waals surface area contributed by atoms with Crippen molar-refractivity contribution in [3.8, 4) is 0 Å². The molecule has 0 aromatic carbocycles. The summed E-state index contributed by atoms with van der Waals surface area (Å²) in [6.45, 7) is 14.0. The van der Waals surface area contributed by atoms with E-state index in [1.165, 1.54) is 12.6 Å². The maximum Gasteiger partial charge on any atom is 0.253 e. The average molecular weight is 218 g/mol. The minimum atomic E-state index is -1.11. The molecule has 0 aromatic heterocycles. The van der Waals surface area contributed by atoms with E-state index in [0.29, 0.717) is 0 Å². The molecule has 0 bridgehead atoms. The van der Waals surface area contributed by atoms with Crippen LogP contribution in [-0.4, -0.2) is 46.9 Å². The molecule has 0 aromatic rings. The molecule has 0 saturated carbocycles. The molecule has 0 aliphatic carbocycles. The summed E-state index contributed by atoms with van der Waals surface area (Å²) in [4.78, 5) is 5.93. The number of rotatable bonds is 9. The average Bonchev–Trinajstić information content (AvgIpc) is 2.20. The van der Waals surface area contributed by atoms with Crippen molar-refractivity contribution < 1.29 is 4.43 Å². The summed E-state index contributed by atoms with van der Waals surface area (Å²) in [6, 6.07) is 1.21. The van der Waals surface area contributed by atoms with Gasteiger partial charge in [-0.2, -0.15) is 0 Å². The standard InChI is InChI=1S/C10H26N2OSi/c1-5-11-14(13-8-4)10-9-12(6-2)7-3/h11,14H,5-10H2,1-4H3. The van der Waals surface area contributed by atoms with Crippen LogP contribution in [0.3, 0.4) is 0 Å². The van der Waals surface area contributed by atoms with Crippen LogP contribution in [0.15, 0.2) is 0 Å². The lowest BCUT2D eigenvalue weighted by Crippen LogP contribution is -2.40. The van der Waals surface area contributed by atoms with Crippen molar-refractivity contribution in [2.75, 3.05) is 32.8 Å². The Balaban J connectivity index is 3.67. The van der Waals surface area contributed by atoms with Gasteiger partial charge in [-0.05, 0) is 39.1 Å². The molecule has 0 aliphatic heterocycles. The van der Waals surface area contributed by atoms with E-state index < -0.39 is 9.20 Å². The van der Waals surface area contributed by atoms with Crippen LogP contribution in [0.25, 0.3) is 0 Å². The van der Waals surface area contributed by atoms with Gasteiger partial charge >= 0.3 is 0 Å². The van der Waals surface area contributed by atoms with Crippen LogP contribution in [0.2, 0.25) is 6.04 Å². The highest BCUT2D eigenvalue weighted by atomic mass is 28.3. The third kappa shape index (κ3) is 6.54. The second-order valence-corrected chi connectivity index (χ2v) is 5.61. The van der Waals surface area contributed by atoms with Crippen molar-refractivity contribution in [1.29, 1.82) is 0 Å². The number of nitrogens with zero attached hydrogens (tertiary/aromatic N) is 1. The maximum absolute atomic E-state index is 5.72. The third-order valence-corrected chi connectivity index (χ3v) is 4.78. The number of hydrogen-bond donors (Lipinski definition) is 1. The molecule has 0 radical (unpaired) electrons. The summed E-state index contributed by atoms with van der Waals surface area (Å²) < 4.78 is 5.72. The minimum Gasteiger partial charge on any atom is -0.406 e. The monoisotopic (exact) mass is 218 g/mol. The van der Waals surface area contributed by atoms with Gasteiger partial charge in [0.15, 0.2) is 0 Å². The van der Waals surface area contributed by atoms with Crippen molar-refractivity contribution in [3.63, 3.8) is 0 Å². The van der Waals surface area contributed by atoms with E-state index in [4.69, 9.17) is 4.43 Å². The van der Waals surface area contributed by atoms with Crippen LogP contribution in [-0.2, 0) is 4.43 Å². The molecule has 0 amide bonds. The summed E-state index contributed by atoms with van der Waals surface area (Å²) >= 11 is 0. The molecule has 86 valence electrons. The minimum absolute atomic E-state index is 0.849. The Morgan fingerprint density at radius 2 is 1.79 bits per heavy atom. The summed E-state index contributed by atoms with van der Waals surface area (Å²) in [5, 5.41) is 0. The summed E-state index contributed by atoms with van der Waals surface area (Å²) in [5.41, 5.74) is 0. The van der Waals surface area contributed by atoms with Gasteiger partial charge in [-0.25, -0.2) is 0 Å². The maximum atomic E-state index is 5.72. The molecule has 0 rings (SSSR count). The molecule has 0 aliphatic rings. The van der Waals surface area contributed by atoms with Gasteiger partial charge in [0.05, 0.1) is 0 Å². The molecule has 0 saturated heterocycles. The SMILES string of the molecule is CCN[SiH](CCN(CC)CC)OCC. The van der Waals surface area contributed by atoms with E-state index in [0.717, 1.165) is 26.2 Å². The van der Waals surface area contributed by atoms with E-state index in [2.05, 4.69) is 37.6 Å². The van der Waals surface area contributed by atoms with E-state index in [1.807, 2.05) is 0 Å². The largest absolute Gasteiger partial charge is 0.406 e. The Morgan fingerprint density at radius 1 is 1.14 bits per heavy atom. The van der Waals surface area contributed by atoms with Crippen LogP contribution < -0.4 is 4.98 Å². The van der Waals surface area contributed by atoms with E-state index in [9.17, 15) is 0 Å². The lowest BCUT2D eigenvalue weighted by Gasteiger charge is -2.21. The van der Waals surface area contributed by atoms with Crippen molar-refractivity contribution in [2.24, 2.45) is 0 Å². The van der Waals surface area contributed by atoms with Gasteiger partial charge in [-0.1, -0.05) is 20.8 Å². The lowest BCUT2D eigenvalue weighted by atomic mass is 10.5. The molecule has 3 nitrogen and oxygen atoms in total. The molecule has 1 N–H and O–H groups in total.